The van der Waals surface area contributed by atoms with Gasteiger partial charge in [0.15, 0.2) is 0 Å². The van der Waals surface area contributed by atoms with Crippen molar-refractivity contribution in [2.45, 2.75) is 37.5 Å². The number of ether oxygens (including phenoxy) is 1. The van der Waals surface area contributed by atoms with Crippen molar-refractivity contribution in [2.24, 2.45) is 5.92 Å². The molecular weight excluding hydrogens is 210 g/mol. The van der Waals surface area contributed by atoms with Crippen molar-refractivity contribution in [3.63, 3.8) is 0 Å². The summed E-state index contributed by atoms with van der Waals surface area (Å²) in [7, 11) is 0. The molecule has 1 aromatic rings. The van der Waals surface area contributed by atoms with Crippen molar-refractivity contribution < 1.29 is 4.74 Å². The molecule has 0 aromatic heterocycles. The van der Waals surface area contributed by atoms with Gasteiger partial charge >= 0.3 is 0 Å². The van der Waals surface area contributed by atoms with Gasteiger partial charge in [-0.1, -0.05) is 31.4 Å². The van der Waals surface area contributed by atoms with Gasteiger partial charge in [0, 0.05) is 11.1 Å². The molecule has 0 amide bonds. The normalized spacial score (nSPS) is 24.2. The molecule has 2 N–H and O–H groups in total. The highest BCUT2D eigenvalue weighted by atomic mass is 16.5. The van der Waals surface area contributed by atoms with Crippen LogP contribution in [0.25, 0.3) is 0 Å². The van der Waals surface area contributed by atoms with Gasteiger partial charge in [-0.2, -0.15) is 0 Å². The lowest BCUT2D eigenvalue weighted by atomic mass is 9.64. The SMILES string of the molecule is Nc1cccc(C2(C3CCCCC3)COC2)c1. The second-order valence-corrected chi connectivity index (χ2v) is 5.61. The fraction of sp³-hybridized carbons (Fsp3) is 0.600. The molecule has 0 spiro atoms. The Balaban J connectivity index is 1.90. The molecule has 3 rings (SSSR count). The minimum Gasteiger partial charge on any atom is -0.399 e. The second kappa shape index (κ2) is 4.34. The monoisotopic (exact) mass is 231 g/mol. The van der Waals surface area contributed by atoms with E-state index in [1.807, 2.05) is 6.07 Å². The number of hydrogen-bond donors (Lipinski definition) is 1. The van der Waals surface area contributed by atoms with E-state index in [1.54, 1.807) is 0 Å². The van der Waals surface area contributed by atoms with E-state index in [-0.39, 0.29) is 5.41 Å². The molecule has 2 nitrogen and oxygen atoms in total. The summed E-state index contributed by atoms with van der Waals surface area (Å²) in [5.74, 6) is 0.798. The summed E-state index contributed by atoms with van der Waals surface area (Å²) in [6, 6.07) is 8.43. The highest BCUT2D eigenvalue weighted by Gasteiger charge is 2.46. The summed E-state index contributed by atoms with van der Waals surface area (Å²) in [4.78, 5) is 0. The first kappa shape index (κ1) is 11.1. The first-order valence-corrected chi connectivity index (χ1v) is 6.75. The van der Waals surface area contributed by atoms with Crippen LogP contribution in [0.4, 0.5) is 5.69 Å². The van der Waals surface area contributed by atoms with Gasteiger partial charge in [-0.3, -0.25) is 0 Å². The van der Waals surface area contributed by atoms with Gasteiger partial charge in [-0.15, -0.1) is 0 Å². The number of hydrogen-bond acceptors (Lipinski definition) is 2. The van der Waals surface area contributed by atoms with Crippen LogP contribution in [0.1, 0.15) is 37.7 Å². The van der Waals surface area contributed by atoms with Crippen LogP contribution in [-0.4, -0.2) is 13.2 Å². The molecule has 1 heterocycles. The van der Waals surface area contributed by atoms with Crippen molar-refractivity contribution in [3.05, 3.63) is 29.8 Å². The lowest BCUT2D eigenvalue weighted by Gasteiger charge is -2.49. The predicted octanol–water partition coefficient (Wildman–Crippen LogP) is 3.12. The average molecular weight is 231 g/mol. The van der Waals surface area contributed by atoms with Crippen LogP contribution >= 0.6 is 0 Å². The maximum Gasteiger partial charge on any atom is 0.0588 e. The Kier molecular flexibility index (Phi) is 2.83. The van der Waals surface area contributed by atoms with Crippen LogP contribution in [0.15, 0.2) is 24.3 Å². The van der Waals surface area contributed by atoms with Crippen LogP contribution in [0, 0.1) is 5.92 Å². The van der Waals surface area contributed by atoms with Gasteiger partial charge in [0.05, 0.1) is 13.2 Å². The van der Waals surface area contributed by atoms with Crippen molar-refractivity contribution in [1.29, 1.82) is 0 Å². The van der Waals surface area contributed by atoms with Crippen molar-refractivity contribution in [3.8, 4) is 0 Å². The van der Waals surface area contributed by atoms with Crippen molar-refractivity contribution in [2.75, 3.05) is 18.9 Å². The van der Waals surface area contributed by atoms with Gasteiger partial charge in [0.1, 0.15) is 0 Å². The molecule has 1 aliphatic heterocycles. The predicted molar refractivity (Wildman–Crippen MR) is 69.9 cm³/mol. The van der Waals surface area contributed by atoms with Crippen molar-refractivity contribution >= 4 is 5.69 Å². The first-order valence-electron chi connectivity index (χ1n) is 6.75. The third-order valence-corrected chi connectivity index (χ3v) is 4.57. The number of anilines is 1. The maximum absolute atomic E-state index is 5.92. The van der Waals surface area contributed by atoms with E-state index in [0.717, 1.165) is 24.8 Å². The molecule has 2 heteroatoms. The molecule has 1 aliphatic carbocycles. The summed E-state index contributed by atoms with van der Waals surface area (Å²) in [5, 5.41) is 0. The molecule has 0 unspecified atom stereocenters. The number of nitrogens with two attached hydrogens (primary N) is 1. The highest BCUT2D eigenvalue weighted by Crippen LogP contribution is 2.46. The average Bonchev–Trinajstić information content (AvgIpc) is 2.29. The molecule has 1 aromatic carbocycles. The zero-order valence-corrected chi connectivity index (χ0v) is 10.3. The van der Waals surface area contributed by atoms with E-state index >= 15 is 0 Å². The molecule has 17 heavy (non-hydrogen) atoms. The van der Waals surface area contributed by atoms with Crippen LogP contribution in [0.3, 0.4) is 0 Å². The Morgan fingerprint density at radius 1 is 1.12 bits per heavy atom. The summed E-state index contributed by atoms with van der Waals surface area (Å²) in [5.41, 5.74) is 8.47. The molecule has 1 saturated carbocycles. The lowest BCUT2D eigenvalue weighted by molar-refractivity contribution is -0.0976. The number of benzene rings is 1. The molecule has 0 radical (unpaired) electrons. The first-order chi connectivity index (χ1) is 8.31. The van der Waals surface area contributed by atoms with Crippen LogP contribution < -0.4 is 5.73 Å². The smallest absolute Gasteiger partial charge is 0.0588 e. The summed E-state index contributed by atoms with van der Waals surface area (Å²) < 4.78 is 5.54. The molecule has 92 valence electrons. The Hall–Kier alpha value is -1.02. The lowest BCUT2D eigenvalue weighted by Crippen LogP contribution is -2.52. The number of nitrogen functional groups attached to an aromatic ring is 1. The van der Waals surface area contributed by atoms with Gasteiger partial charge in [-0.05, 0) is 36.5 Å². The molecule has 2 fully saturated rings. The largest absolute Gasteiger partial charge is 0.399 e. The quantitative estimate of drug-likeness (QED) is 0.794. The maximum atomic E-state index is 5.92. The molecule has 0 atom stereocenters. The van der Waals surface area contributed by atoms with E-state index in [1.165, 1.54) is 37.7 Å². The minimum absolute atomic E-state index is 0.274. The second-order valence-electron chi connectivity index (χ2n) is 5.61. The highest BCUT2D eigenvalue weighted by molar-refractivity contribution is 5.44. The Morgan fingerprint density at radius 3 is 2.47 bits per heavy atom. The summed E-state index contributed by atoms with van der Waals surface area (Å²) in [6.07, 6.45) is 6.89. The third-order valence-electron chi connectivity index (χ3n) is 4.57. The van der Waals surface area contributed by atoms with E-state index < -0.39 is 0 Å². The van der Waals surface area contributed by atoms with E-state index in [2.05, 4.69) is 18.2 Å². The van der Waals surface area contributed by atoms with Crippen LogP contribution in [-0.2, 0) is 10.2 Å². The zero-order chi connectivity index (χ0) is 11.7. The fourth-order valence-electron chi connectivity index (χ4n) is 3.46. The minimum atomic E-state index is 0.274. The van der Waals surface area contributed by atoms with E-state index in [9.17, 15) is 0 Å². The molecule has 1 saturated heterocycles. The summed E-state index contributed by atoms with van der Waals surface area (Å²) in [6.45, 7) is 1.78. The summed E-state index contributed by atoms with van der Waals surface area (Å²) >= 11 is 0. The topological polar surface area (TPSA) is 35.2 Å². The Labute approximate surface area is 103 Å². The van der Waals surface area contributed by atoms with E-state index in [0.29, 0.717) is 0 Å². The molecule has 2 aliphatic rings. The third kappa shape index (κ3) is 1.85. The van der Waals surface area contributed by atoms with Gasteiger partial charge in [0.25, 0.3) is 0 Å². The molecule has 0 bridgehead atoms. The standard InChI is InChI=1S/C15H21NO/c16-14-8-4-7-13(9-14)15(10-17-11-15)12-5-2-1-3-6-12/h4,7-9,12H,1-3,5-6,10-11,16H2. The van der Waals surface area contributed by atoms with Gasteiger partial charge in [0.2, 0.25) is 0 Å². The van der Waals surface area contributed by atoms with Crippen molar-refractivity contribution in [1.82, 2.24) is 0 Å². The van der Waals surface area contributed by atoms with Crippen LogP contribution in [0.2, 0.25) is 0 Å². The number of rotatable bonds is 2. The van der Waals surface area contributed by atoms with Gasteiger partial charge < -0.3 is 10.5 Å². The van der Waals surface area contributed by atoms with Gasteiger partial charge in [-0.25, -0.2) is 0 Å². The van der Waals surface area contributed by atoms with Crippen LogP contribution in [0.5, 0.6) is 0 Å². The Morgan fingerprint density at radius 2 is 1.88 bits per heavy atom. The molecular formula is C15H21NO. The van der Waals surface area contributed by atoms with E-state index in [4.69, 9.17) is 10.5 Å². The Bertz CT molecular complexity index is 392. The zero-order valence-electron chi connectivity index (χ0n) is 10.3. The fourth-order valence-corrected chi connectivity index (χ4v) is 3.46.